The van der Waals surface area contributed by atoms with Crippen LogP contribution < -0.4 is 0 Å². The molecule has 4 nitrogen and oxygen atoms in total. The summed E-state index contributed by atoms with van der Waals surface area (Å²) < 4.78 is 5.64. The number of thiazole rings is 1. The number of benzene rings is 1. The number of hydrogen-bond donors (Lipinski definition) is 1. The fourth-order valence-corrected chi connectivity index (χ4v) is 2.78. The Bertz CT molecular complexity index is 742. The van der Waals surface area contributed by atoms with Gasteiger partial charge in [0.15, 0.2) is 0 Å². The van der Waals surface area contributed by atoms with Crippen LogP contribution in [0.25, 0.3) is 21.5 Å². The Balaban J connectivity index is 2.24. The van der Waals surface area contributed by atoms with Crippen molar-refractivity contribution in [1.29, 1.82) is 0 Å². The number of furan rings is 1. The molecule has 0 radical (unpaired) electrons. The third kappa shape index (κ3) is 1.60. The highest BCUT2D eigenvalue weighted by Gasteiger charge is 2.17. The predicted octanol–water partition coefficient (Wildman–Crippen LogP) is 3.56. The van der Waals surface area contributed by atoms with Crippen molar-refractivity contribution in [3.8, 4) is 10.6 Å². The third-order valence-corrected chi connectivity index (χ3v) is 3.70. The highest BCUT2D eigenvalue weighted by Crippen LogP contribution is 2.36. The Labute approximate surface area is 107 Å². The van der Waals surface area contributed by atoms with Crippen LogP contribution in [0.15, 0.2) is 34.9 Å². The topological polar surface area (TPSA) is 63.3 Å². The van der Waals surface area contributed by atoms with Gasteiger partial charge >= 0.3 is 5.97 Å². The Morgan fingerprint density at radius 1 is 1.39 bits per heavy atom. The molecule has 2 aromatic heterocycles. The van der Waals surface area contributed by atoms with Crippen molar-refractivity contribution in [2.75, 3.05) is 0 Å². The van der Waals surface area contributed by atoms with Crippen LogP contribution in [0.3, 0.4) is 0 Å². The number of nitrogens with zero attached hydrogens (tertiary/aromatic N) is 1. The zero-order chi connectivity index (χ0) is 12.7. The fourth-order valence-electron chi connectivity index (χ4n) is 1.92. The molecule has 1 aromatic carbocycles. The highest BCUT2D eigenvalue weighted by atomic mass is 32.1. The number of para-hydroxylation sites is 1. The van der Waals surface area contributed by atoms with Gasteiger partial charge in [-0.15, -0.1) is 11.3 Å². The van der Waals surface area contributed by atoms with Gasteiger partial charge in [-0.2, -0.15) is 0 Å². The van der Waals surface area contributed by atoms with Crippen molar-refractivity contribution < 1.29 is 14.3 Å². The number of rotatable bonds is 2. The Kier molecular flexibility index (Phi) is 2.41. The maximum Gasteiger partial charge on any atom is 0.347 e. The lowest BCUT2D eigenvalue weighted by Crippen LogP contribution is -1.89. The zero-order valence-electron chi connectivity index (χ0n) is 9.51. The Hall–Kier alpha value is -2.14. The molecule has 0 amide bonds. The molecule has 0 aliphatic rings. The van der Waals surface area contributed by atoms with Gasteiger partial charge in [-0.3, -0.25) is 0 Å². The summed E-state index contributed by atoms with van der Waals surface area (Å²) in [7, 11) is 0. The summed E-state index contributed by atoms with van der Waals surface area (Å²) in [6, 6.07) is 7.66. The van der Waals surface area contributed by atoms with Crippen molar-refractivity contribution in [3.63, 3.8) is 0 Å². The molecule has 1 N–H and O–H groups in total. The van der Waals surface area contributed by atoms with Crippen LogP contribution in [0.4, 0.5) is 0 Å². The number of carboxylic acids is 1. The molecule has 0 atom stereocenters. The Morgan fingerprint density at radius 2 is 2.17 bits per heavy atom. The smallest absolute Gasteiger partial charge is 0.347 e. The molecule has 0 bridgehead atoms. The van der Waals surface area contributed by atoms with Crippen LogP contribution in [0.5, 0.6) is 0 Å². The van der Waals surface area contributed by atoms with Crippen LogP contribution in [0, 0.1) is 6.92 Å². The third-order valence-electron chi connectivity index (χ3n) is 2.70. The fraction of sp³-hybridized carbons (Fsp3) is 0.0769. The molecule has 18 heavy (non-hydrogen) atoms. The van der Waals surface area contributed by atoms with Gasteiger partial charge in [-0.05, 0) is 13.0 Å². The summed E-state index contributed by atoms with van der Waals surface area (Å²) in [5, 5.41) is 10.6. The summed E-state index contributed by atoms with van der Waals surface area (Å²) in [6.07, 6.45) is 1.38. The van der Waals surface area contributed by atoms with Gasteiger partial charge in [-0.1, -0.05) is 18.2 Å². The van der Waals surface area contributed by atoms with E-state index in [1.165, 1.54) is 6.20 Å². The minimum Gasteiger partial charge on any atom is -0.477 e. The average Bonchev–Trinajstić information content (AvgIpc) is 2.91. The van der Waals surface area contributed by atoms with E-state index < -0.39 is 5.97 Å². The summed E-state index contributed by atoms with van der Waals surface area (Å²) in [4.78, 5) is 15.3. The van der Waals surface area contributed by atoms with Gasteiger partial charge in [0.1, 0.15) is 21.2 Å². The molecule has 0 saturated carbocycles. The molecule has 0 saturated heterocycles. The monoisotopic (exact) mass is 259 g/mol. The maximum atomic E-state index is 10.9. The lowest BCUT2D eigenvalue weighted by Gasteiger charge is -1.93. The predicted molar refractivity (Wildman–Crippen MR) is 69.0 cm³/mol. The van der Waals surface area contributed by atoms with E-state index in [2.05, 4.69) is 4.98 Å². The molecule has 0 unspecified atom stereocenters. The molecule has 0 fully saturated rings. The molecular weight excluding hydrogens is 250 g/mol. The summed E-state index contributed by atoms with van der Waals surface area (Å²) in [6.45, 7) is 1.86. The van der Waals surface area contributed by atoms with Crippen molar-refractivity contribution in [2.24, 2.45) is 0 Å². The molecule has 0 spiro atoms. The van der Waals surface area contributed by atoms with Gasteiger partial charge in [0.2, 0.25) is 0 Å². The van der Waals surface area contributed by atoms with Crippen LogP contribution in [0.2, 0.25) is 0 Å². The SMILES string of the molecule is Cc1oc2ccccc2c1-c1ncc(C(=O)O)s1. The van der Waals surface area contributed by atoms with Crippen LogP contribution in [-0.4, -0.2) is 16.1 Å². The van der Waals surface area contributed by atoms with E-state index in [1.807, 2.05) is 31.2 Å². The van der Waals surface area contributed by atoms with Crippen molar-refractivity contribution in [1.82, 2.24) is 4.98 Å². The first-order valence-corrected chi connectivity index (χ1v) is 6.16. The van der Waals surface area contributed by atoms with E-state index in [9.17, 15) is 4.79 Å². The largest absolute Gasteiger partial charge is 0.477 e. The second-order valence-electron chi connectivity index (χ2n) is 3.86. The van der Waals surface area contributed by atoms with Crippen LogP contribution >= 0.6 is 11.3 Å². The number of carboxylic acid groups (broad SMARTS) is 1. The number of carbonyl (C=O) groups is 1. The molecule has 90 valence electrons. The van der Waals surface area contributed by atoms with Gasteiger partial charge in [0, 0.05) is 5.39 Å². The van der Waals surface area contributed by atoms with E-state index >= 15 is 0 Å². The van der Waals surface area contributed by atoms with Gasteiger partial charge in [0.25, 0.3) is 0 Å². The lowest BCUT2D eigenvalue weighted by atomic mass is 10.1. The quantitative estimate of drug-likeness (QED) is 0.764. The number of aromatic carboxylic acids is 1. The zero-order valence-corrected chi connectivity index (χ0v) is 10.3. The van der Waals surface area contributed by atoms with Crippen molar-refractivity contribution in [2.45, 2.75) is 6.92 Å². The summed E-state index contributed by atoms with van der Waals surface area (Å²) >= 11 is 1.16. The first-order valence-electron chi connectivity index (χ1n) is 5.34. The van der Waals surface area contributed by atoms with Crippen molar-refractivity contribution in [3.05, 3.63) is 41.1 Å². The normalized spacial score (nSPS) is 10.9. The number of fused-ring (bicyclic) bond motifs is 1. The molecule has 5 heteroatoms. The van der Waals surface area contributed by atoms with Gasteiger partial charge in [-0.25, -0.2) is 9.78 Å². The minimum absolute atomic E-state index is 0.231. The van der Waals surface area contributed by atoms with E-state index in [0.29, 0.717) is 5.01 Å². The maximum absolute atomic E-state index is 10.9. The van der Waals surface area contributed by atoms with E-state index in [4.69, 9.17) is 9.52 Å². The first-order chi connectivity index (χ1) is 8.66. The summed E-state index contributed by atoms with van der Waals surface area (Å²) in [5.74, 6) is -0.202. The summed E-state index contributed by atoms with van der Waals surface area (Å²) in [5.41, 5.74) is 1.67. The molecule has 0 aliphatic heterocycles. The second-order valence-corrected chi connectivity index (χ2v) is 4.89. The van der Waals surface area contributed by atoms with Gasteiger partial charge in [0.05, 0.1) is 11.8 Å². The second kappa shape index (κ2) is 3.96. The number of hydrogen-bond acceptors (Lipinski definition) is 4. The van der Waals surface area contributed by atoms with E-state index in [1.54, 1.807) is 0 Å². The molecule has 0 aliphatic carbocycles. The highest BCUT2D eigenvalue weighted by molar-refractivity contribution is 7.16. The van der Waals surface area contributed by atoms with E-state index in [0.717, 1.165) is 33.6 Å². The first kappa shape index (κ1) is 11.0. The molecule has 2 heterocycles. The standard InChI is InChI=1S/C13H9NO3S/c1-7-11(8-4-2-3-5-9(8)17-7)12-14-6-10(18-12)13(15)16/h2-6H,1H3,(H,15,16). The van der Waals surface area contributed by atoms with E-state index in [-0.39, 0.29) is 4.88 Å². The number of aromatic nitrogens is 1. The lowest BCUT2D eigenvalue weighted by molar-refractivity contribution is 0.0702. The van der Waals surface area contributed by atoms with Crippen LogP contribution in [-0.2, 0) is 0 Å². The molecule has 3 aromatic rings. The number of aryl methyl sites for hydroxylation is 1. The Morgan fingerprint density at radius 3 is 2.89 bits per heavy atom. The molecular formula is C13H9NO3S. The minimum atomic E-state index is -0.954. The average molecular weight is 259 g/mol. The van der Waals surface area contributed by atoms with Crippen LogP contribution in [0.1, 0.15) is 15.4 Å². The van der Waals surface area contributed by atoms with Crippen molar-refractivity contribution >= 4 is 28.3 Å². The molecule has 3 rings (SSSR count). The van der Waals surface area contributed by atoms with Gasteiger partial charge < -0.3 is 9.52 Å².